The third-order valence-corrected chi connectivity index (χ3v) is 2.58. The topological polar surface area (TPSA) is 47.0 Å². The molecular weight excluding hydrogens is 214 g/mol. The molecule has 0 bridgehead atoms. The van der Waals surface area contributed by atoms with Gasteiger partial charge in [-0.3, -0.25) is 0 Å². The summed E-state index contributed by atoms with van der Waals surface area (Å²) in [6, 6.07) is 0.469. The van der Waals surface area contributed by atoms with Crippen molar-refractivity contribution in [2.45, 2.75) is 53.3 Å². The molecule has 1 rings (SSSR count). The van der Waals surface area contributed by atoms with E-state index in [1.807, 2.05) is 27.0 Å². The molecule has 0 spiro atoms. The van der Waals surface area contributed by atoms with Crippen molar-refractivity contribution in [1.82, 2.24) is 15.3 Å². The van der Waals surface area contributed by atoms with Gasteiger partial charge >= 0.3 is 0 Å². The highest BCUT2D eigenvalue weighted by Crippen LogP contribution is 2.13. The van der Waals surface area contributed by atoms with Crippen LogP contribution in [0.4, 0.5) is 0 Å². The van der Waals surface area contributed by atoms with Crippen molar-refractivity contribution in [2.75, 3.05) is 6.61 Å². The Morgan fingerprint density at radius 3 is 2.59 bits per heavy atom. The summed E-state index contributed by atoms with van der Waals surface area (Å²) in [4.78, 5) is 8.85. The molecule has 1 aromatic rings. The molecule has 0 aliphatic heterocycles. The fraction of sp³-hybridized carbons (Fsp3) is 0.692. The summed E-state index contributed by atoms with van der Waals surface area (Å²) in [6.07, 6.45) is 1.86. The molecule has 4 heteroatoms. The Kier molecular flexibility index (Phi) is 5.51. The molecule has 0 amide bonds. The molecule has 4 nitrogen and oxygen atoms in total. The Morgan fingerprint density at radius 1 is 1.35 bits per heavy atom. The molecule has 0 saturated heterocycles. The maximum atomic E-state index is 5.48. The van der Waals surface area contributed by atoms with Crippen LogP contribution in [-0.4, -0.2) is 22.6 Å². The fourth-order valence-corrected chi connectivity index (χ4v) is 1.52. The van der Waals surface area contributed by atoms with E-state index in [-0.39, 0.29) is 6.10 Å². The Bertz CT molecular complexity index is 353. The smallest absolute Gasteiger partial charge is 0.157 e. The lowest BCUT2D eigenvalue weighted by Gasteiger charge is -2.13. The van der Waals surface area contributed by atoms with Gasteiger partial charge < -0.3 is 10.1 Å². The Hall–Kier alpha value is -1.00. The highest BCUT2D eigenvalue weighted by Gasteiger charge is 2.10. The molecule has 17 heavy (non-hydrogen) atoms. The van der Waals surface area contributed by atoms with Crippen molar-refractivity contribution in [3.05, 3.63) is 23.3 Å². The lowest BCUT2D eigenvalue weighted by atomic mass is 10.2. The zero-order valence-corrected chi connectivity index (χ0v) is 11.4. The van der Waals surface area contributed by atoms with Gasteiger partial charge in [0.15, 0.2) is 5.82 Å². The van der Waals surface area contributed by atoms with Gasteiger partial charge in [-0.1, -0.05) is 13.8 Å². The summed E-state index contributed by atoms with van der Waals surface area (Å²) < 4.78 is 5.48. The highest BCUT2D eigenvalue weighted by atomic mass is 16.5. The summed E-state index contributed by atoms with van der Waals surface area (Å²) in [5.74, 6) is 0.762. The predicted molar refractivity (Wildman–Crippen MR) is 68.8 cm³/mol. The van der Waals surface area contributed by atoms with Crippen molar-refractivity contribution in [3.8, 4) is 0 Å². The molecule has 0 aromatic carbocycles. The second kappa shape index (κ2) is 6.67. The van der Waals surface area contributed by atoms with Crippen LogP contribution in [0.1, 0.15) is 50.9 Å². The summed E-state index contributed by atoms with van der Waals surface area (Å²) >= 11 is 0. The van der Waals surface area contributed by atoms with Crippen molar-refractivity contribution < 1.29 is 4.74 Å². The van der Waals surface area contributed by atoms with Crippen molar-refractivity contribution >= 4 is 0 Å². The van der Waals surface area contributed by atoms with Gasteiger partial charge in [0.2, 0.25) is 0 Å². The number of ether oxygens (including phenoxy) is 1. The Balaban J connectivity index is 2.72. The Morgan fingerprint density at radius 2 is 2.06 bits per heavy atom. The van der Waals surface area contributed by atoms with E-state index >= 15 is 0 Å². The first-order valence-electron chi connectivity index (χ1n) is 6.22. The molecule has 0 saturated carbocycles. The normalized spacial score (nSPS) is 13.1. The second-order valence-corrected chi connectivity index (χ2v) is 4.47. The largest absolute Gasteiger partial charge is 0.371 e. The van der Waals surface area contributed by atoms with Crippen LogP contribution in [0.5, 0.6) is 0 Å². The van der Waals surface area contributed by atoms with Crippen LogP contribution in [-0.2, 0) is 11.3 Å². The van der Waals surface area contributed by atoms with E-state index in [1.165, 1.54) is 0 Å². The first-order chi connectivity index (χ1) is 8.04. The molecule has 1 aromatic heterocycles. The third kappa shape index (κ3) is 4.40. The number of nitrogens with one attached hydrogen (secondary N) is 1. The van der Waals surface area contributed by atoms with E-state index in [0.717, 1.165) is 23.6 Å². The van der Waals surface area contributed by atoms with E-state index in [9.17, 15) is 0 Å². The molecule has 1 heterocycles. The highest BCUT2D eigenvalue weighted by molar-refractivity contribution is 5.16. The number of aryl methyl sites for hydroxylation is 1. The second-order valence-electron chi connectivity index (χ2n) is 4.47. The van der Waals surface area contributed by atoms with Gasteiger partial charge in [0.25, 0.3) is 0 Å². The number of nitrogens with zero attached hydrogens (tertiary/aromatic N) is 2. The maximum Gasteiger partial charge on any atom is 0.157 e. The van der Waals surface area contributed by atoms with Crippen LogP contribution in [0.3, 0.4) is 0 Å². The number of hydrogen-bond acceptors (Lipinski definition) is 4. The quantitative estimate of drug-likeness (QED) is 0.825. The Labute approximate surface area is 104 Å². The lowest BCUT2D eigenvalue weighted by Crippen LogP contribution is -2.23. The lowest BCUT2D eigenvalue weighted by molar-refractivity contribution is 0.0699. The van der Waals surface area contributed by atoms with Gasteiger partial charge in [0.05, 0.1) is 0 Å². The first-order valence-corrected chi connectivity index (χ1v) is 6.22. The van der Waals surface area contributed by atoms with Crippen LogP contribution in [0, 0.1) is 6.92 Å². The van der Waals surface area contributed by atoms with Crippen LogP contribution in [0.15, 0.2) is 6.20 Å². The van der Waals surface area contributed by atoms with Gasteiger partial charge in [0, 0.05) is 36.6 Å². The van der Waals surface area contributed by atoms with Gasteiger partial charge in [-0.15, -0.1) is 0 Å². The van der Waals surface area contributed by atoms with Crippen LogP contribution >= 0.6 is 0 Å². The zero-order valence-electron chi connectivity index (χ0n) is 11.4. The van der Waals surface area contributed by atoms with E-state index in [4.69, 9.17) is 4.74 Å². The minimum absolute atomic E-state index is 0.0363. The number of hydrogen-bond donors (Lipinski definition) is 1. The van der Waals surface area contributed by atoms with Gasteiger partial charge in [-0.2, -0.15) is 0 Å². The average molecular weight is 237 g/mol. The zero-order chi connectivity index (χ0) is 12.8. The summed E-state index contributed by atoms with van der Waals surface area (Å²) in [7, 11) is 0. The molecule has 1 unspecified atom stereocenters. The van der Waals surface area contributed by atoms with Gasteiger partial charge in [0.1, 0.15) is 6.10 Å². The van der Waals surface area contributed by atoms with Crippen molar-refractivity contribution in [2.24, 2.45) is 0 Å². The van der Waals surface area contributed by atoms with Gasteiger partial charge in [-0.05, 0) is 20.8 Å². The molecule has 1 atom stereocenters. The molecule has 1 N–H and O–H groups in total. The first kappa shape index (κ1) is 14.1. The fourth-order valence-electron chi connectivity index (χ4n) is 1.52. The number of aromatic nitrogens is 2. The minimum Gasteiger partial charge on any atom is -0.371 e. The minimum atomic E-state index is -0.0363. The molecule has 0 aliphatic carbocycles. The summed E-state index contributed by atoms with van der Waals surface area (Å²) in [5.41, 5.74) is 2.17. The van der Waals surface area contributed by atoms with Crippen molar-refractivity contribution in [1.29, 1.82) is 0 Å². The molecule has 0 aliphatic rings. The van der Waals surface area contributed by atoms with E-state index < -0.39 is 0 Å². The molecule has 0 radical (unpaired) electrons. The summed E-state index contributed by atoms with van der Waals surface area (Å²) in [6.45, 7) is 11.7. The molecule has 0 fully saturated rings. The molecule has 96 valence electrons. The van der Waals surface area contributed by atoms with Crippen molar-refractivity contribution in [3.63, 3.8) is 0 Å². The average Bonchev–Trinajstić information content (AvgIpc) is 2.27. The van der Waals surface area contributed by atoms with E-state index in [1.54, 1.807) is 0 Å². The van der Waals surface area contributed by atoms with E-state index in [2.05, 4.69) is 29.1 Å². The van der Waals surface area contributed by atoms with E-state index in [0.29, 0.717) is 12.6 Å². The maximum absolute atomic E-state index is 5.48. The van der Waals surface area contributed by atoms with Crippen LogP contribution in [0.2, 0.25) is 0 Å². The summed E-state index contributed by atoms with van der Waals surface area (Å²) in [5, 5.41) is 3.37. The van der Waals surface area contributed by atoms with Gasteiger partial charge in [-0.25, -0.2) is 9.97 Å². The SMILES string of the molecule is CCOC(C)c1ncc(CNC(C)C)c(C)n1. The third-order valence-electron chi connectivity index (χ3n) is 2.58. The monoisotopic (exact) mass is 237 g/mol. The molecular formula is C13H23N3O. The number of rotatable bonds is 6. The van der Waals surface area contributed by atoms with Crippen LogP contribution in [0.25, 0.3) is 0 Å². The van der Waals surface area contributed by atoms with Crippen LogP contribution < -0.4 is 5.32 Å². The predicted octanol–water partition coefficient (Wildman–Crippen LogP) is 2.38. The standard InChI is InChI=1S/C13H23N3O/c1-6-17-11(5)13-15-8-12(10(4)16-13)7-14-9(2)3/h8-9,11,14H,6-7H2,1-5H3.